The van der Waals surface area contributed by atoms with Crippen LogP contribution in [0.4, 0.5) is 18.3 Å². The van der Waals surface area contributed by atoms with Gasteiger partial charge in [0.15, 0.2) is 10.9 Å². The summed E-state index contributed by atoms with van der Waals surface area (Å²) in [6, 6.07) is 12.7. The Bertz CT molecular complexity index is 1440. The SMILES string of the molecule is COC(=O)CN(CCc1c[nH]c2ccccc12)CC(=O)c1nc(N(C)C)sc1-c1cccc(C(F)(F)F)c1. The molecule has 200 valence electrons. The maximum atomic E-state index is 13.5. The first-order chi connectivity index (χ1) is 18.1. The number of aromatic nitrogens is 2. The van der Waals surface area contributed by atoms with E-state index >= 15 is 0 Å². The van der Waals surface area contributed by atoms with Crippen LogP contribution < -0.4 is 4.90 Å². The Morgan fingerprint density at radius 1 is 1.08 bits per heavy atom. The summed E-state index contributed by atoms with van der Waals surface area (Å²) in [6.07, 6.45) is -2.05. The van der Waals surface area contributed by atoms with E-state index in [0.717, 1.165) is 39.9 Å². The number of carbonyl (C=O) groups is 2. The van der Waals surface area contributed by atoms with Crippen molar-refractivity contribution in [2.75, 3.05) is 45.7 Å². The lowest BCUT2D eigenvalue weighted by atomic mass is 10.1. The number of alkyl halides is 3. The summed E-state index contributed by atoms with van der Waals surface area (Å²) in [5.74, 6) is -0.897. The molecule has 1 N–H and O–H groups in total. The average Bonchev–Trinajstić information content (AvgIpc) is 3.52. The fourth-order valence-electron chi connectivity index (χ4n) is 4.08. The number of methoxy groups -OCH3 is 1. The number of esters is 1. The number of fused-ring (bicyclic) bond motifs is 1. The Morgan fingerprint density at radius 2 is 1.84 bits per heavy atom. The maximum Gasteiger partial charge on any atom is 0.416 e. The van der Waals surface area contributed by atoms with Crippen LogP contribution in [0.1, 0.15) is 21.6 Å². The average molecular weight is 545 g/mol. The molecule has 0 saturated carbocycles. The van der Waals surface area contributed by atoms with Gasteiger partial charge in [-0.15, -0.1) is 0 Å². The van der Waals surface area contributed by atoms with E-state index in [2.05, 4.69) is 9.97 Å². The Kier molecular flexibility index (Phi) is 8.17. The van der Waals surface area contributed by atoms with E-state index in [1.165, 1.54) is 19.2 Å². The van der Waals surface area contributed by atoms with Crippen LogP contribution in [0.15, 0.2) is 54.7 Å². The number of thiazole rings is 1. The van der Waals surface area contributed by atoms with Gasteiger partial charge in [0.05, 0.1) is 30.6 Å². The molecule has 0 aliphatic heterocycles. The van der Waals surface area contributed by atoms with Crippen LogP contribution in [-0.4, -0.2) is 67.5 Å². The second-order valence-corrected chi connectivity index (χ2v) is 9.94. The Labute approximate surface area is 221 Å². The molecule has 2 heterocycles. The number of para-hydroxylation sites is 1. The van der Waals surface area contributed by atoms with Crippen molar-refractivity contribution in [2.24, 2.45) is 0 Å². The summed E-state index contributed by atoms with van der Waals surface area (Å²) in [4.78, 5) is 37.0. The van der Waals surface area contributed by atoms with Crippen molar-refractivity contribution in [1.29, 1.82) is 0 Å². The van der Waals surface area contributed by atoms with Gasteiger partial charge in [-0.25, -0.2) is 4.98 Å². The van der Waals surface area contributed by atoms with Crippen LogP contribution in [0.3, 0.4) is 0 Å². The van der Waals surface area contributed by atoms with Gasteiger partial charge in [-0.2, -0.15) is 13.2 Å². The second-order valence-electron chi connectivity index (χ2n) is 8.97. The molecule has 0 bridgehead atoms. The molecule has 0 radical (unpaired) electrons. The first-order valence-corrected chi connectivity index (χ1v) is 12.6. The monoisotopic (exact) mass is 544 g/mol. The summed E-state index contributed by atoms with van der Waals surface area (Å²) in [5, 5.41) is 1.54. The zero-order valence-corrected chi connectivity index (χ0v) is 21.9. The first-order valence-electron chi connectivity index (χ1n) is 11.8. The summed E-state index contributed by atoms with van der Waals surface area (Å²) in [7, 11) is 4.76. The number of hydrogen-bond acceptors (Lipinski definition) is 7. The molecular weight excluding hydrogens is 517 g/mol. The summed E-state index contributed by atoms with van der Waals surface area (Å²) < 4.78 is 44.9. The number of carbonyl (C=O) groups excluding carboxylic acids is 2. The van der Waals surface area contributed by atoms with E-state index in [4.69, 9.17) is 4.74 Å². The fourth-order valence-corrected chi connectivity index (χ4v) is 5.08. The van der Waals surface area contributed by atoms with E-state index in [-0.39, 0.29) is 24.3 Å². The van der Waals surface area contributed by atoms with Crippen molar-refractivity contribution >= 4 is 39.1 Å². The third-order valence-electron chi connectivity index (χ3n) is 6.03. The van der Waals surface area contributed by atoms with Gasteiger partial charge in [0, 0.05) is 37.7 Å². The lowest BCUT2D eigenvalue weighted by molar-refractivity contribution is -0.141. The van der Waals surface area contributed by atoms with Crippen molar-refractivity contribution in [1.82, 2.24) is 14.9 Å². The molecule has 7 nitrogen and oxygen atoms in total. The van der Waals surface area contributed by atoms with E-state index in [9.17, 15) is 22.8 Å². The highest BCUT2D eigenvalue weighted by molar-refractivity contribution is 7.19. The van der Waals surface area contributed by atoms with Gasteiger partial charge in [0.2, 0.25) is 0 Å². The largest absolute Gasteiger partial charge is 0.468 e. The number of anilines is 1. The van der Waals surface area contributed by atoms with Crippen LogP contribution in [0.25, 0.3) is 21.3 Å². The number of benzene rings is 2. The molecule has 0 amide bonds. The van der Waals surface area contributed by atoms with Crippen molar-refractivity contribution in [3.05, 3.63) is 71.5 Å². The van der Waals surface area contributed by atoms with Crippen molar-refractivity contribution < 1.29 is 27.5 Å². The van der Waals surface area contributed by atoms with Gasteiger partial charge < -0.3 is 14.6 Å². The van der Waals surface area contributed by atoms with E-state index in [1.54, 1.807) is 23.9 Å². The number of ether oxygens (including phenoxy) is 1. The molecule has 0 atom stereocenters. The minimum absolute atomic E-state index is 0.0694. The maximum absolute atomic E-state index is 13.5. The first kappa shape index (κ1) is 27.3. The van der Waals surface area contributed by atoms with Crippen LogP contribution in [0, 0.1) is 0 Å². The Morgan fingerprint density at radius 3 is 2.55 bits per heavy atom. The van der Waals surface area contributed by atoms with Gasteiger partial charge in [0.25, 0.3) is 0 Å². The smallest absolute Gasteiger partial charge is 0.416 e. The minimum atomic E-state index is -4.52. The summed E-state index contributed by atoms with van der Waals surface area (Å²) in [6.45, 7) is 0.112. The second kappa shape index (κ2) is 11.4. The van der Waals surface area contributed by atoms with E-state index < -0.39 is 23.5 Å². The van der Waals surface area contributed by atoms with E-state index in [1.807, 2.05) is 30.5 Å². The van der Waals surface area contributed by atoms with Crippen LogP contribution >= 0.6 is 11.3 Å². The molecule has 2 aromatic heterocycles. The molecule has 4 aromatic rings. The van der Waals surface area contributed by atoms with Gasteiger partial charge in [-0.1, -0.05) is 41.7 Å². The molecule has 0 aliphatic carbocycles. The molecule has 4 rings (SSSR count). The lowest BCUT2D eigenvalue weighted by Crippen LogP contribution is -2.36. The lowest BCUT2D eigenvalue weighted by Gasteiger charge is -2.20. The number of H-pyrrole nitrogens is 1. The number of nitrogens with zero attached hydrogens (tertiary/aromatic N) is 3. The highest BCUT2D eigenvalue weighted by Gasteiger charge is 2.31. The van der Waals surface area contributed by atoms with Crippen molar-refractivity contribution in [3.8, 4) is 10.4 Å². The normalized spacial score (nSPS) is 11.8. The van der Waals surface area contributed by atoms with Crippen LogP contribution in [0.2, 0.25) is 0 Å². The van der Waals surface area contributed by atoms with Gasteiger partial charge in [0.1, 0.15) is 5.69 Å². The number of aromatic amines is 1. The molecule has 11 heteroatoms. The van der Waals surface area contributed by atoms with Gasteiger partial charge in [-0.3, -0.25) is 14.5 Å². The summed E-state index contributed by atoms with van der Waals surface area (Å²) >= 11 is 1.14. The van der Waals surface area contributed by atoms with Crippen LogP contribution in [-0.2, 0) is 22.1 Å². The molecule has 2 aromatic carbocycles. The number of hydrogen-bond donors (Lipinski definition) is 1. The predicted octanol–water partition coefficient (Wildman–Crippen LogP) is 5.28. The minimum Gasteiger partial charge on any atom is -0.468 e. The van der Waals surface area contributed by atoms with Crippen molar-refractivity contribution in [2.45, 2.75) is 12.6 Å². The fraction of sp³-hybridized carbons (Fsp3) is 0.296. The number of halogens is 3. The molecule has 38 heavy (non-hydrogen) atoms. The number of Topliss-reactive ketones (excluding diaryl/α,β-unsaturated/α-hetero) is 1. The molecule has 0 unspecified atom stereocenters. The Balaban J connectivity index is 1.61. The summed E-state index contributed by atoms with van der Waals surface area (Å²) in [5.41, 5.74) is 1.55. The third kappa shape index (κ3) is 6.22. The number of ketones is 1. The highest BCUT2D eigenvalue weighted by atomic mass is 32.1. The van der Waals surface area contributed by atoms with Crippen molar-refractivity contribution in [3.63, 3.8) is 0 Å². The van der Waals surface area contributed by atoms with Gasteiger partial charge >= 0.3 is 12.1 Å². The predicted molar refractivity (Wildman–Crippen MR) is 142 cm³/mol. The zero-order valence-electron chi connectivity index (χ0n) is 21.1. The molecule has 0 fully saturated rings. The highest BCUT2D eigenvalue weighted by Crippen LogP contribution is 2.38. The number of nitrogens with one attached hydrogen (secondary N) is 1. The molecule has 0 saturated heterocycles. The van der Waals surface area contributed by atoms with Crippen LogP contribution in [0.5, 0.6) is 0 Å². The number of rotatable bonds is 10. The molecule has 0 aliphatic rings. The molecular formula is C27H27F3N4O3S. The Hall–Kier alpha value is -3.70. The van der Waals surface area contributed by atoms with E-state index in [0.29, 0.717) is 23.0 Å². The third-order valence-corrected chi connectivity index (χ3v) is 7.31. The quantitative estimate of drug-likeness (QED) is 0.216. The zero-order chi connectivity index (χ0) is 27.4. The molecule has 0 spiro atoms. The topological polar surface area (TPSA) is 78.5 Å². The standard InChI is InChI=1S/C27H27F3N4O3S/c1-33(2)26-32-24(25(38-26)17-7-6-8-19(13-17)27(28,29)30)22(35)15-34(16-23(36)37-3)12-11-18-14-31-21-10-5-4-9-20(18)21/h4-10,13-14,31H,11-12,15-16H2,1-3H3. The van der Waals surface area contributed by atoms with Gasteiger partial charge in [-0.05, 0) is 35.7 Å².